The summed E-state index contributed by atoms with van der Waals surface area (Å²) in [6.07, 6.45) is 3.63. The summed E-state index contributed by atoms with van der Waals surface area (Å²) in [5.74, 6) is 1.89. The highest BCUT2D eigenvalue weighted by molar-refractivity contribution is 5.78. The highest BCUT2D eigenvalue weighted by Crippen LogP contribution is 2.22. The van der Waals surface area contributed by atoms with Gasteiger partial charge in [-0.25, -0.2) is 4.98 Å². The Hall–Kier alpha value is -2.60. The van der Waals surface area contributed by atoms with Gasteiger partial charge in [0, 0.05) is 31.4 Å². The molecule has 1 aromatic heterocycles. The van der Waals surface area contributed by atoms with E-state index >= 15 is 0 Å². The molecule has 1 saturated heterocycles. The maximum Gasteiger partial charge on any atom is 0.260 e. The molecule has 0 saturated carbocycles. The Morgan fingerprint density at radius 1 is 1.23 bits per heavy atom. The lowest BCUT2D eigenvalue weighted by atomic mass is 10.2. The standard InChI is InChI=1S/C20H25N3O3/c1-2-13-23(16-10-12-21-14-16)20(24)15-25-17-6-8-18(9-7-17)26-19-5-3-4-11-22-19/h3-9,11,16,21H,2,10,12-15H2,1H3. The molecule has 26 heavy (non-hydrogen) atoms. The Balaban J connectivity index is 1.52. The Kier molecular flexibility index (Phi) is 6.44. The molecule has 1 atom stereocenters. The number of ether oxygens (including phenoxy) is 2. The van der Waals surface area contributed by atoms with E-state index in [2.05, 4.69) is 17.2 Å². The second-order valence-corrected chi connectivity index (χ2v) is 6.26. The van der Waals surface area contributed by atoms with Crippen LogP contribution in [0.4, 0.5) is 0 Å². The van der Waals surface area contributed by atoms with E-state index in [1.807, 2.05) is 17.0 Å². The number of amides is 1. The summed E-state index contributed by atoms with van der Waals surface area (Å²) in [4.78, 5) is 18.6. The quantitative estimate of drug-likeness (QED) is 0.789. The van der Waals surface area contributed by atoms with E-state index in [4.69, 9.17) is 9.47 Å². The van der Waals surface area contributed by atoms with Crippen LogP contribution < -0.4 is 14.8 Å². The zero-order chi connectivity index (χ0) is 18.2. The highest BCUT2D eigenvalue weighted by Gasteiger charge is 2.25. The second kappa shape index (κ2) is 9.20. The van der Waals surface area contributed by atoms with Crippen LogP contribution in [0, 0.1) is 0 Å². The molecule has 0 bridgehead atoms. The van der Waals surface area contributed by atoms with Gasteiger partial charge in [0.2, 0.25) is 5.88 Å². The van der Waals surface area contributed by atoms with Crippen LogP contribution in [-0.4, -0.2) is 48.1 Å². The molecule has 0 aliphatic carbocycles. The lowest BCUT2D eigenvalue weighted by molar-refractivity contribution is -0.135. The molecule has 6 nitrogen and oxygen atoms in total. The Morgan fingerprint density at radius 3 is 2.69 bits per heavy atom. The monoisotopic (exact) mass is 355 g/mol. The molecule has 3 rings (SSSR count). The first-order valence-electron chi connectivity index (χ1n) is 9.08. The number of nitrogens with zero attached hydrogens (tertiary/aromatic N) is 2. The minimum absolute atomic E-state index is 0.0364. The van der Waals surface area contributed by atoms with Crippen LogP contribution in [0.2, 0.25) is 0 Å². The van der Waals surface area contributed by atoms with Crippen LogP contribution in [0.15, 0.2) is 48.7 Å². The number of aromatic nitrogens is 1. The van der Waals surface area contributed by atoms with E-state index in [-0.39, 0.29) is 18.6 Å². The van der Waals surface area contributed by atoms with Gasteiger partial charge in [-0.15, -0.1) is 0 Å². The number of hydrogen-bond acceptors (Lipinski definition) is 5. The van der Waals surface area contributed by atoms with Crippen LogP contribution in [0.5, 0.6) is 17.4 Å². The second-order valence-electron chi connectivity index (χ2n) is 6.26. The number of hydrogen-bond donors (Lipinski definition) is 1. The van der Waals surface area contributed by atoms with Crippen molar-refractivity contribution in [2.24, 2.45) is 0 Å². The fourth-order valence-corrected chi connectivity index (χ4v) is 3.02. The predicted octanol–water partition coefficient (Wildman–Crippen LogP) is 2.85. The van der Waals surface area contributed by atoms with Crippen LogP contribution >= 0.6 is 0 Å². The molecule has 138 valence electrons. The molecule has 1 aliphatic rings. The van der Waals surface area contributed by atoms with E-state index in [0.717, 1.165) is 32.5 Å². The maximum absolute atomic E-state index is 12.5. The Morgan fingerprint density at radius 2 is 2.04 bits per heavy atom. The number of pyridine rings is 1. The van der Waals surface area contributed by atoms with Crippen LogP contribution in [0.3, 0.4) is 0 Å². The van der Waals surface area contributed by atoms with Crippen molar-refractivity contribution in [2.45, 2.75) is 25.8 Å². The fourth-order valence-electron chi connectivity index (χ4n) is 3.02. The highest BCUT2D eigenvalue weighted by atomic mass is 16.5. The molecule has 1 aromatic carbocycles. The summed E-state index contributed by atoms with van der Waals surface area (Å²) in [6, 6.07) is 13.0. The van der Waals surface area contributed by atoms with Gasteiger partial charge < -0.3 is 19.7 Å². The molecule has 2 heterocycles. The first-order valence-corrected chi connectivity index (χ1v) is 9.08. The van der Waals surface area contributed by atoms with Crippen LogP contribution in [-0.2, 0) is 4.79 Å². The lowest BCUT2D eigenvalue weighted by Crippen LogP contribution is -2.44. The van der Waals surface area contributed by atoms with Gasteiger partial charge in [0.15, 0.2) is 6.61 Å². The molecule has 1 N–H and O–H groups in total. The van der Waals surface area contributed by atoms with E-state index in [1.165, 1.54) is 0 Å². The van der Waals surface area contributed by atoms with Gasteiger partial charge in [-0.1, -0.05) is 13.0 Å². The average Bonchev–Trinajstić information content (AvgIpc) is 3.20. The summed E-state index contributed by atoms with van der Waals surface area (Å²) >= 11 is 0. The maximum atomic E-state index is 12.5. The van der Waals surface area contributed by atoms with Crippen molar-refractivity contribution >= 4 is 5.91 Å². The molecular weight excluding hydrogens is 330 g/mol. The van der Waals surface area contributed by atoms with Crippen molar-refractivity contribution in [3.63, 3.8) is 0 Å². The van der Waals surface area contributed by atoms with Gasteiger partial charge in [-0.05, 0) is 49.7 Å². The topological polar surface area (TPSA) is 63.7 Å². The first kappa shape index (κ1) is 18.2. The summed E-state index contributed by atoms with van der Waals surface area (Å²) in [5, 5.41) is 3.31. The Labute approximate surface area is 154 Å². The van der Waals surface area contributed by atoms with Gasteiger partial charge in [0.05, 0.1) is 0 Å². The van der Waals surface area contributed by atoms with Gasteiger partial charge >= 0.3 is 0 Å². The average molecular weight is 355 g/mol. The van der Waals surface area contributed by atoms with E-state index in [9.17, 15) is 4.79 Å². The van der Waals surface area contributed by atoms with Crippen molar-refractivity contribution in [2.75, 3.05) is 26.2 Å². The van der Waals surface area contributed by atoms with Gasteiger partial charge in [-0.3, -0.25) is 4.79 Å². The van der Waals surface area contributed by atoms with Crippen molar-refractivity contribution < 1.29 is 14.3 Å². The minimum Gasteiger partial charge on any atom is -0.484 e. The molecular formula is C20H25N3O3. The number of rotatable bonds is 8. The number of carbonyl (C=O) groups is 1. The first-order chi connectivity index (χ1) is 12.8. The van der Waals surface area contributed by atoms with E-state index < -0.39 is 0 Å². The summed E-state index contributed by atoms with van der Waals surface area (Å²) < 4.78 is 11.3. The SMILES string of the molecule is CCCN(C(=O)COc1ccc(Oc2ccccn2)cc1)C1CCNC1. The van der Waals surface area contributed by atoms with E-state index in [0.29, 0.717) is 17.4 Å². The van der Waals surface area contributed by atoms with E-state index in [1.54, 1.807) is 36.5 Å². The summed E-state index contributed by atoms with van der Waals surface area (Å²) in [5.41, 5.74) is 0. The molecule has 0 radical (unpaired) electrons. The normalized spacial score (nSPS) is 16.3. The largest absolute Gasteiger partial charge is 0.484 e. The minimum atomic E-state index is 0.0364. The molecule has 1 amide bonds. The molecule has 2 aromatic rings. The third-order valence-corrected chi connectivity index (χ3v) is 4.31. The molecule has 6 heteroatoms. The Bertz CT molecular complexity index is 685. The fraction of sp³-hybridized carbons (Fsp3) is 0.400. The predicted molar refractivity (Wildman–Crippen MR) is 99.5 cm³/mol. The number of nitrogens with one attached hydrogen (secondary N) is 1. The van der Waals surface area contributed by atoms with Crippen molar-refractivity contribution in [1.29, 1.82) is 0 Å². The molecule has 1 fully saturated rings. The zero-order valence-electron chi connectivity index (χ0n) is 15.1. The van der Waals surface area contributed by atoms with Crippen molar-refractivity contribution in [3.05, 3.63) is 48.7 Å². The van der Waals surface area contributed by atoms with Gasteiger partial charge in [0.25, 0.3) is 5.91 Å². The summed E-state index contributed by atoms with van der Waals surface area (Å²) in [6.45, 7) is 4.74. The molecule has 1 unspecified atom stereocenters. The molecule has 0 spiro atoms. The number of benzene rings is 1. The lowest BCUT2D eigenvalue weighted by Gasteiger charge is -2.28. The van der Waals surface area contributed by atoms with Gasteiger partial charge in [-0.2, -0.15) is 0 Å². The number of carbonyl (C=O) groups excluding carboxylic acids is 1. The third-order valence-electron chi connectivity index (χ3n) is 4.31. The summed E-state index contributed by atoms with van der Waals surface area (Å²) in [7, 11) is 0. The molecule has 1 aliphatic heterocycles. The van der Waals surface area contributed by atoms with Crippen molar-refractivity contribution in [3.8, 4) is 17.4 Å². The van der Waals surface area contributed by atoms with Gasteiger partial charge in [0.1, 0.15) is 11.5 Å². The van der Waals surface area contributed by atoms with Crippen LogP contribution in [0.25, 0.3) is 0 Å². The van der Waals surface area contributed by atoms with Crippen molar-refractivity contribution in [1.82, 2.24) is 15.2 Å². The third kappa shape index (κ3) is 4.95. The zero-order valence-corrected chi connectivity index (χ0v) is 15.1. The van der Waals surface area contributed by atoms with Crippen LogP contribution in [0.1, 0.15) is 19.8 Å². The smallest absolute Gasteiger partial charge is 0.260 e.